The second-order valence-electron chi connectivity index (χ2n) is 6.62. The lowest BCUT2D eigenvalue weighted by Gasteiger charge is -2.28. The van der Waals surface area contributed by atoms with Gasteiger partial charge in [0.25, 0.3) is 0 Å². The molecule has 5 heteroatoms. The molecule has 0 bridgehead atoms. The first-order valence-corrected chi connectivity index (χ1v) is 8.92. The molecule has 0 radical (unpaired) electrons. The fraction of sp³-hybridized carbons (Fsp3) is 0.941. The molecule has 2 fully saturated rings. The van der Waals surface area contributed by atoms with Crippen molar-refractivity contribution in [2.45, 2.75) is 58.0 Å². The van der Waals surface area contributed by atoms with Gasteiger partial charge in [0.05, 0.1) is 19.3 Å². The Morgan fingerprint density at radius 3 is 2.73 bits per heavy atom. The zero-order valence-corrected chi connectivity index (χ0v) is 14.3. The number of nitrogens with one attached hydrogen (secondary N) is 2. The smallest absolute Gasteiger partial charge is 0.191 e. The third-order valence-corrected chi connectivity index (χ3v) is 5.14. The van der Waals surface area contributed by atoms with Crippen molar-refractivity contribution in [3.05, 3.63) is 0 Å². The molecule has 2 aliphatic rings. The molecule has 0 aromatic carbocycles. The third kappa shape index (κ3) is 5.43. The molecule has 0 spiro atoms. The molecule has 1 aliphatic heterocycles. The average molecular weight is 311 g/mol. The van der Waals surface area contributed by atoms with Crippen LogP contribution in [0.25, 0.3) is 0 Å². The fourth-order valence-electron chi connectivity index (χ4n) is 3.50. The molecular formula is C17H33N3O2. The Kier molecular flexibility index (Phi) is 7.46. The SMILES string of the molecule is CCC1(CNC(=NC)NCCOCC2CCCO2)CCCC1. The molecule has 1 atom stereocenters. The van der Waals surface area contributed by atoms with Crippen LogP contribution >= 0.6 is 0 Å². The highest BCUT2D eigenvalue weighted by Gasteiger charge is 2.31. The Labute approximate surface area is 135 Å². The molecule has 0 amide bonds. The molecule has 0 aromatic rings. The Morgan fingerprint density at radius 2 is 2.09 bits per heavy atom. The summed E-state index contributed by atoms with van der Waals surface area (Å²) in [7, 11) is 1.83. The minimum atomic E-state index is 0.309. The predicted molar refractivity (Wildman–Crippen MR) is 90.3 cm³/mol. The normalized spacial score (nSPS) is 24.6. The van der Waals surface area contributed by atoms with Gasteiger partial charge in [0.1, 0.15) is 0 Å². The number of guanidine groups is 1. The molecule has 1 saturated carbocycles. The average Bonchev–Trinajstić information content (AvgIpc) is 3.22. The fourth-order valence-corrected chi connectivity index (χ4v) is 3.50. The molecule has 5 nitrogen and oxygen atoms in total. The largest absolute Gasteiger partial charge is 0.377 e. The van der Waals surface area contributed by atoms with Gasteiger partial charge in [-0.15, -0.1) is 0 Å². The Hall–Kier alpha value is -0.810. The highest BCUT2D eigenvalue weighted by Crippen LogP contribution is 2.40. The van der Waals surface area contributed by atoms with E-state index in [1.165, 1.54) is 38.5 Å². The zero-order valence-electron chi connectivity index (χ0n) is 14.3. The summed E-state index contributed by atoms with van der Waals surface area (Å²) in [6.07, 6.45) is 9.30. The van der Waals surface area contributed by atoms with E-state index >= 15 is 0 Å². The van der Waals surface area contributed by atoms with Crippen molar-refractivity contribution in [3.8, 4) is 0 Å². The van der Waals surface area contributed by atoms with Crippen LogP contribution in [0.4, 0.5) is 0 Å². The summed E-state index contributed by atoms with van der Waals surface area (Å²) in [5.41, 5.74) is 0.480. The Morgan fingerprint density at radius 1 is 1.27 bits per heavy atom. The van der Waals surface area contributed by atoms with E-state index < -0.39 is 0 Å². The lowest BCUT2D eigenvalue weighted by atomic mass is 9.83. The molecule has 128 valence electrons. The summed E-state index contributed by atoms with van der Waals surface area (Å²) < 4.78 is 11.2. The second-order valence-corrected chi connectivity index (χ2v) is 6.62. The van der Waals surface area contributed by atoms with E-state index in [9.17, 15) is 0 Å². The van der Waals surface area contributed by atoms with Gasteiger partial charge in [0.15, 0.2) is 5.96 Å². The standard InChI is InChI=1S/C17H33N3O2/c1-3-17(8-4-5-9-17)14-20-16(18-2)19-10-12-21-13-15-7-6-11-22-15/h15H,3-14H2,1-2H3,(H2,18,19,20). The van der Waals surface area contributed by atoms with Crippen LogP contribution in [-0.2, 0) is 9.47 Å². The van der Waals surface area contributed by atoms with Gasteiger partial charge in [-0.3, -0.25) is 4.99 Å². The van der Waals surface area contributed by atoms with Gasteiger partial charge in [0, 0.05) is 26.7 Å². The molecular weight excluding hydrogens is 278 g/mol. The molecule has 1 saturated heterocycles. The van der Waals surface area contributed by atoms with Crippen LogP contribution in [-0.4, -0.2) is 52.0 Å². The topological polar surface area (TPSA) is 54.9 Å². The van der Waals surface area contributed by atoms with Gasteiger partial charge in [-0.05, 0) is 37.5 Å². The van der Waals surface area contributed by atoms with E-state index in [1.54, 1.807) is 0 Å². The van der Waals surface area contributed by atoms with Crippen molar-refractivity contribution in [1.82, 2.24) is 10.6 Å². The monoisotopic (exact) mass is 311 g/mol. The minimum Gasteiger partial charge on any atom is -0.377 e. The molecule has 1 heterocycles. The second kappa shape index (κ2) is 9.36. The summed E-state index contributed by atoms with van der Waals surface area (Å²) >= 11 is 0. The molecule has 1 unspecified atom stereocenters. The van der Waals surface area contributed by atoms with E-state index in [0.29, 0.717) is 24.7 Å². The van der Waals surface area contributed by atoms with Gasteiger partial charge in [-0.25, -0.2) is 0 Å². The van der Waals surface area contributed by atoms with Crippen LogP contribution in [0.15, 0.2) is 4.99 Å². The van der Waals surface area contributed by atoms with Crippen molar-refractivity contribution >= 4 is 5.96 Å². The van der Waals surface area contributed by atoms with Crippen LogP contribution in [0.1, 0.15) is 51.9 Å². The van der Waals surface area contributed by atoms with Crippen LogP contribution in [0.5, 0.6) is 0 Å². The Balaban J connectivity index is 1.56. The summed E-state index contributed by atoms with van der Waals surface area (Å²) in [6.45, 7) is 6.42. The number of hydrogen-bond acceptors (Lipinski definition) is 3. The highest BCUT2D eigenvalue weighted by atomic mass is 16.5. The third-order valence-electron chi connectivity index (χ3n) is 5.14. The maximum Gasteiger partial charge on any atom is 0.191 e. The van der Waals surface area contributed by atoms with Crippen molar-refractivity contribution < 1.29 is 9.47 Å². The van der Waals surface area contributed by atoms with E-state index in [4.69, 9.17) is 9.47 Å². The number of hydrogen-bond donors (Lipinski definition) is 2. The van der Waals surface area contributed by atoms with Crippen molar-refractivity contribution in [2.75, 3.05) is 40.0 Å². The van der Waals surface area contributed by atoms with E-state index in [2.05, 4.69) is 22.5 Å². The van der Waals surface area contributed by atoms with E-state index in [0.717, 1.165) is 32.1 Å². The van der Waals surface area contributed by atoms with Gasteiger partial charge >= 0.3 is 0 Å². The first-order valence-electron chi connectivity index (χ1n) is 8.92. The summed E-state index contributed by atoms with van der Waals surface area (Å²) in [6, 6.07) is 0. The summed E-state index contributed by atoms with van der Waals surface area (Å²) in [5.74, 6) is 0.889. The van der Waals surface area contributed by atoms with Crippen LogP contribution in [0.3, 0.4) is 0 Å². The van der Waals surface area contributed by atoms with Crippen LogP contribution in [0.2, 0.25) is 0 Å². The number of aliphatic imine (C=N–C) groups is 1. The van der Waals surface area contributed by atoms with Crippen LogP contribution in [0, 0.1) is 5.41 Å². The summed E-state index contributed by atoms with van der Waals surface area (Å²) in [4.78, 5) is 4.30. The van der Waals surface area contributed by atoms with Crippen molar-refractivity contribution in [1.29, 1.82) is 0 Å². The van der Waals surface area contributed by atoms with Gasteiger partial charge < -0.3 is 20.1 Å². The first kappa shape index (κ1) is 17.5. The van der Waals surface area contributed by atoms with E-state index in [-0.39, 0.29) is 0 Å². The molecule has 22 heavy (non-hydrogen) atoms. The minimum absolute atomic E-state index is 0.309. The van der Waals surface area contributed by atoms with Crippen LogP contribution < -0.4 is 10.6 Å². The summed E-state index contributed by atoms with van der Waals surface area (Å²) in [5, 5.41) is 6.83. The first-order chi connectivity index (χ1) is 10.8. The van der Waals surface area contributed by atoms with Crippen molar-refractivity contribution in [3.63, 3.8) is 0 Å². The zero-order chi connectivity index (χ0) is 15.7. The Bertz CT molecular complexity index is 335. The molecule has 2 N–H and O–H groups in total. The number of ether oxygens (including phenoxy) is 2. The number of rotatable bonds is 8. The molecule has 1 aliphatic carbocycles. The molecule has 0 aromatic heterocycles. The number of nitrogens with zero attached hydrogens (tertiary/aromatic N) is 1. The maximum absolute atomic E-state index is 5.66. The lowest BCUT2D eigenvalue weighted by molar-refractivity contribution is 0.0191. The van der Waals surface area contributed by atoms with Gasteiger partial charge in [-0.2, -0.15) is 0 Å². The van der Waals surface area contributed by atoms with E-state index in [1.807, 2.05) is 7.05 Å². The predicted octanol–water partition coefficient (Wildman–Crippen LogP) is 2.32. The van der Waals surface area contributed by atoms with Gasteiger partial charge in [0.2, 0.25) is 0 Å². The molecule has 2 rings (SSSR count). The lowest BCUT2D eigenvalue weighted by Crippen LogP contribution is -2.43. The van der Waals surface area contributed by atoms with Crippen molar-refractivity contribution in [2.24, 2.45) is 10.4 Å². The maximum atomic E-state index is 5.66. The quantitative estimate of drug-likeness (QED) is 0.410. The highest BCUT2D eigenvalue weighted by molar-refractivity contribution is 5.79. The van der Waals surface area contributed by atoms with Gasteiger partial charge in [-0.1, -0.05) is 19.8 Å².